The Labute approximate surface area is 136 Å². The molecular formula is C17H23N5O. The quantitative estimate of drug-likeness (QED) is 0.903. The van der Waals surface area contributed by atoms with Crippen molar-refractivity contribution in [2.45, 2.75) is 38.8 Å². The van der Waals surface area contributed by atoms with Crippen LogP contribution in [0.1, 0.15) is 38.4 Å². The zero-order chi connectivity index (χ0) is 16.2. The summed E-state index contributed by atoms with van der Waals surface area (Å²) >= 11 is 0. The second kappa shape index (κ2) is 6.91. The molecule has 0 radical (unpaired) electrons. The van der Waals surface area contributed by atoms with E-state index in [1.807, 2.05) is 43.5 Å². The maximum atomic E-state index is 12.4. The first-order valence-corrected chi connectivity index (χ1v) is 8.15. The first kappa shape index (κ1) is 15.7. The van der Waals surface area contributed by atoms with E-state index in [4.69, 9.17) is 0 Å². The lowest BCUT2D eigenvalue weighted by Gasteiger charge is -2.27. The number of para-hydroxylation sites is 1. The molecule has 1 aliphatic heterocycles. The van der Waals surface area contributed by atoms with E-state index in [1.54, 1.807) is 4.68 Å². The van der Waals surface area contributed by atoms with Gasteiger partial charge in [0.1, 0.15) is 5.69 Å². The molecule has 23 heavy (non-hydrogen) atoms. The lowest BCUT2D eigenvalue weighted by Crippen LogP contribution is -2.43. The van der Waals surface area contributed by atoms with Crippen LogP contribution >= 0.6 is 0 Å². The molecule has 6 heteroatoms. The highest BCUT2D eigenvalue weighted by molar-refractivity contribution is 5.79. The van der Waals surface area contributed by atoms with E-state index in [2.05, 4.69) is 27.9 Å². The molecule has 1 aromatic heterocycles. The van der Waals surface area contributed by atoms with Crippen LogP contribution in [-0.4, -0.2) is 33.5 Å². The molecule has 122 valence electrons. The summed E-state index contributed by atoms with van der Waals surface area (Å²) in [6, 6.07) is 10.1. The minimum Gasteiger partial charge on any atom is -0.348 e. The smallest absolute Gasteiger partial charge is 0.223 e. The van der Waals surface area contributed by atoms with E-state index in [0.717, 1.165) is 30.8 Å². The van der Waals surface area contributed by atoms with Gasteiger partial charge in [-0.15, -0.1) is 5.10 Å². The van der Waals surface area contributed by atoms with Crippen LogP contribution in [0.25, 0.3) is 5.69 Å². The van der Waals surface area contributed by atoms with Gasteiger partial charge in [-0.25, -0.2) is 4.68 Å². The highest BCUT2D eigenvalue weighted by Gasteiger charge is 2.26. The summed E-state index contributed by atoms with van der Waals surface area (Å²) < 4.78 is 1.73. The van der Waals surface area contributed by atoms with Crippen LogP contribution in [-0.2, 0) is 4.79 Å². The van der Waals surface area contributed by atoms with E-state index >= 15 is 0 Å². The fraction of sp³-hybridized carbons (Fsp3) is 0.471. The Bertz CT molecular complexity index is 654. The van der Waals surface area contributed by atoms with Crippen molar-refractivity contribution in [1.82, 2.24) is 25.6 Å². The standard InChI is InChI=1S/C17H23N5O/c1-12-10-14(8-9-18-12)17(23)19-13(2)16-11-22(21-20-16)15-6-4-3-5-7-15/h3-7,11-14,18H,8-10H2,1-2H3,(H,19,23)/t12-,13?,14-/m0/s1. The van der Waals surface area contributed by atoms with Gasteiger partial charge in [-0.05, 0) is 45.4 Å². The number of carbonyl (C=O) groups is 1. The average Bonchev–Trinajstić information content (AvgIpc) is 3.06. The number of benzene rings is 1. The fourth-order valence-electron chi connectivity index (χ4n) is 2.96. The van der Waals surface area contributed by atoms with Gasteiger partial charge in [0.15, 0.2) is 0 Å². The topological polar surface area (TPSA) is 71.8 Å². The predicted molar refractivity (Wildman–Crippen MR) is 88.1 cm³/mol. The van der Waals surface area contributed by atoms with Crippen molar-refractivity contribution < 1.29 is 4.79 Å². The highest BCUT2D eigenvalue weighted by atomic mass is 16.1. The van der Waals surface area contributed by atoms with E-state index in [9.17, 15) is 4.79 Å². The third kappa shape index (κ3) is 3.76. The van der Waals surface area contributed by atoms with Gasteiger partial charge in [-0.1, -0.05) is 23.4 Å². The van der Waals surface area contributed by atoms with Gasteiger partial charge in [0.05, 0.1) is 17.9 Å². The number of hydrogen-bond donors (Lipinski definition) is 2. The molecular weight excluding hydrogens is 290 g/mol. The highest BCUT2D eigenvalue weighted by Crippen LogP contribution is 2.18. The third-order valence-electron chi connectivity index (χ3n) is 4.33. The van der Waals surface area contributed by atoms with Gasteiger partial charge >= 0.3 is 0 Å². The normalized spacial score (nSPS) is 22.5. The molecule has 1 aromatic carbocycles. The minimum absolute atomic E-state index is 0.0814. The Kier molecular flexibility index (Phi) is 4.71. The molecule has 0 bridgehead atoms. The summed E-state index contributed by atoms with van der Waals surface area (Å²) in [4.78, 5) is 12.4. The van der Waals surface area contributed by atoms with Crippen LogP contribution in [0.15, 0.2) is 36.5 Å². The van der Waals surface area contributed by atoms with Gasteiger partial charge < -0.3 is 10.6 Å². The predicted octanol–water partition coefficient (Wildman–Crippen LogP) is 1.83. The average molecular weight is 313 g/mol. The molecule has 0 saturated carbocycles. The van der Waals surface area contributed by atoms with Crippen LogP contribution in [0.2, 0.25) is 0 Å². The first-order valence-electron chi connectivity index (χ1n) is 8.15. The Morgan fingerprint density at radius 2 is 2.17 bits per heavy atom. The van der Waals surface area contributed by atoms with Gasteiger partial charge in [0, 0.05) is 12.0 Å². The third-order valence-corrected chi connectivity index (χ3v) is 4.33. The Balaban J connectivity index is 1.63. The van der Waals surface area contributed by atoms with Crippen molar-refractivity contribution in [2.75, 3.05) is 6.54 Å². The van der Waals surface area contributed by atoms with Gasteiger partial charge in [0.2, 0.25) is 5.91 Å². The second-order valence-electron chi connectivity index (χ2n) is 6.23. The van der Waals surface area contributed by atoms with E-state index in [0.29, 0.717) is 6.04 Å². The number of nitrogens with zero attached hydrogens (tertiary/aromatic N) is 3. The van der Waals surface area contributed by atoms with Crippen LogP contribution < -0.4 is 10.6 Å². The monoisotopic (exact) mass is 313 g/mol. The van der Waals surface area contributed by atoms with Crippen molar-refractivity contribution in [1.29, 1.82) is 0 Å². The zero-order valence-corrected chi connectivity index (χ0v) is 13.6. The summed E-state index contributed by atoms with van der Waals surface area (Å²) in [5.41, 5.74) is 1.72. The number of amides is 1. The fourth-order valence-corrected chi connectivity index (χ4v) is 2.96. The van der Waals surface area contributed by atoms with E-state index < -0.39 is 0 Å². The van der Waals surface area contributed by atoms with Crippen LogP contribution in [0.5, 0.6) is 0 Å². The van der Waals surface area contributed by atoms with Crippen molar-refractivity contribution in [2.24, 2.45) is 5.92 Å². The molecule has 3 rings (SSSR count). The van der Waals surface area contributed by atoms with Gasteiger partial charge in [-0.3, -0.25) is 4.79 Å². The number of hydrogen-bond acceptors (Lipinski definition) is 4. The Morgan fingerprint density at radius 1 is 1.39 bits per heavy atom. The maximum Gasteiger partial charge on any atom is 0.223 e. The minimum atomic E-state index is -0.148. The summed E-state index contributed by atoms with van der Waals surface area (Å²) in [5.74, 6) is 0.193. The summed E-state index contributed by atoms with van der Waals surface area (Å²) in [6.45, 7) is 4.97. The molecule has 3 atom stereocenters. The van der Waals surface area contributed by atoms with Crippen molar-refractivity contribution >= 4 is 5.91 Å². The lowest BCUT2D eigenvalue weighted by molar-refractivity contribution is -0.126. The van der Waals surface area contributed by atoms with Gasteiger partial charge in [0.25, 0.3) is 0 Å². The Hall–Kier alpha value is -2.21. The SMILES string of the molecule is CC(NC(=O)[C@H]1CCN[C@@H](C)C1)c1cn(-c2ccccc2)nn1. The van der Waals surface area contributed by atoms with Crippen LogP contribution in [0, 0.1) is 5.92 Å². The lowest BCUT2D eigenvalue weighted by atomic mass is 9.92. The van der Waals surface area contributed by atoms with Gasteiger partial charge in [-0.2, -0.15) is 0 Å². The molecule has 0 aliphatic carbocycles. The number of piperidine rings is 1. The molecule has 0 spiro atoms. The number of rotatable bonds is 4. The maximum absolute atomic E-state index is 12.4. The molecule has 6 nitrogen and oxygen atoms in total. The van der Waals surface area contributed by atoms with Crippen LogP contribution in [0.3, 0.4) is 0 Å². The molecule has 2 N–H and O–H groups in total. The largest absolute Gasteiger partial charge is 0.348 e. The number of aromatic nitrogens is 3. The first-order chi connectivity index (χ1) is 11.1. The summed E-state index contributed by atoms with van der Waals surface area (Å²) in [7, 11) is 0. The number of carbonyl (C=O) groups excluding carboxylic acids is 1. The van der Waals surface area contributed by atoms with Crippen molar-refractivity contribution in [3.05, 3.63) is 42.2 Å². The van der Waals surface area contributed by atoms with Crippen molar-refractivity contribution in [3.63, 3.8) is 0 Å². The van der Waals surface area contributed by atoms with E-state index in [1.165, 1.54) is 0 Å². The molecule has 1 amide bonds. The van der Waals surface area contributed by atoms with E-state index in [-0.39, 0.29) is 17.9 Å². The summed E-state index contributed by atoms with van der Waals surface area (Å²) in [6.07, 6.45) is 3.64. The molecule has 1 fully saturated rings. The molecule has 1 saturated heterocycles. The van der Waals surface area contributed by atoms with Crippen LogP contribution in [0.4, 0.5) is 0 Å². The second-order valence-corrected chi connectivity index (χ2v) is 6.23. The molecule has 2 heterocycles. The molecule has 2 aromatic rings. The molecule has 1 unspecified atom stereocenters. The summed E-state index contributed by atoms with van der Waals surface area (Å²) in [5, 5.41) is 14.8. The number of nitrogens with one attached hydrogen (secondary N) is 2. The zero-order valence-electron chi connectivity index (χ0n) is 13.6. The Morgan fingerprint density at radius 3 is 2.91 bits per heavy atom. The van der Waals surface area contributed by atoms with Crippen molar-refractivity contribution in [3.8, 4) is 5.69 Å². The molecule has 1 aliphatic rings.